The van der Waals surface area contributed by atoms with E-state index in [1.54, 1.807) is 0 Å². The van der Waals surface area contributed by atoms with Crippen molar-refractivity contribution in [2.75, 3.05) is 11.9 Å². The van der Waals surface area contributed by atoms with E-state index in [-0.39, 0.29) is 12.1 Å². The Balaban J connectivity index is 1.51. The largest absolute Gasteiger partial charge is 0.378 e. The van der Waals surface area contributed by atoms with Gasteiger partial charge < -0.3 is 10.1 Å². The fraction of sp³-hybridized carbons (Fsp3) is 0.231. The molecule has 2 heterocycles. The highest BCUT2D eigenvalue weighted by molar-refractivity contribution is 5.91. The monoisotopic (exact) mass is 365 g/mol. The van der Waals surface area contributed by atoms with Crippen molar-refractivity contribution in [3.05, 3.63) is 90.0 Å². The minimum Gasteiger partial charge on any atom is -0.378 e. The summed E-state index contributed by atoms with van der Waals surface area (Å²) in [6.45, 7) is 0.855. The Hall–Kier alpha value is -2.84. The van der Waals surface area contributed by atoms with Crippen LogP contribution in [0.3, 0.4) is 0 Å². The van der Waals surface area contributed by atoms with E-state index in [0.717, 1.165) is 13.0 Å². The quantitative estimate of drug-likeness (QED) is 0.409. The van der Waals surface area contributed by atoms with Crippen molar-refractivity contribution in [2.24, 2.45) is 5.92 Å². The molecule has 1 fully saturated rings. The number of fused-ring (bicyclic) bond motifs is 6. The Morgan fingerprint density at radius 1 is 0.786 bits per heavy atom. The number of nitrogens with one attached hydrogen (secondary N) is 1. The average molecular weight is 365 g/mol. The molecule has 3 atom stereocenters. The second kappa shape index (κ2) is 6.35. The van der Waals surface area contributed by atoms with Crippen LogP contribution < -0.4 is 5.32 Å². The van der Waals surface area contributed by atoms with Crippen molar-refractivity contribution in [1.82, 2.24) is 0 Å². The normalized spacial score (nSPS) is 23.8. The highest BCUT2D eigenvalue weighted by Gasteiger charge is 2.40. The zero-order valence-corrected chi connectivity index (χ0v) is 15.8. The first-order valence-corrected chi connectivity index (χ1v) is 10.3. The predicted octanol–water partition coefficient (Wildman–Crippen LogP) is 6.63. The number of rotatable bonds is 1. The van der Waals surface area contributed by atoms with Crippen molar-refractivity contribution in [2.45, 2.75) is 25.0 Å². The van der Waals surface area contributed by atoms with E-state index in [1.165, 1.54) is 44.8 Å². The molecular weight excluding hydrogens is 342 g/mol. The van der Waals surface area contributed by atoms with Crippen molar-refractivity contribution in [1.29, 1.82) is 0 Å². The summed E-state index contributed by atoms with van der Waals surface area (Å²) in [6.07, 6.45) is 2.48. The molecule has 2 heteroatoms. The smallest absolute Gasteiger partial charge is 0.0901 e. The van der Waals surface area contributed by atoms with Gasteiger partial charge in [-0.15, -0.1) is 0 Å². The Morgan fingerprint density at radius 2 is 1.57 bits per heavy atom. The fourth-order valence-electron chi connectivity index (χ4n) is 5.18. The minimum absolute atomic E-state index is 0.160. The molecule has 138 valence electrons. The molecule has 1 saturated heterocycles. The first kappa shape index (κ1) is 16.1. The third-order valence-electron chi connectivity index (χ3n) is 6.50. The standard InChI is InChI=1S/C26H23NO/c1-2-8-19-16-20(12-11-17(19)6-1)25-22-10-5-15-28-26(22)24-21-9-4-3-7-18(21)13-14-23(24)27-25/h1-4,6-9,11-14,16,22,25-27H,5,10,15H2/t22-,25-,26-/m0/s1. The number of hydrogen-bond donors (Lipinski definition) is 1. The van der Waals surface area contributed by atoms with Crippen LogP contribution in [0.1, 0.15) is 36.1 Å². The maximum atomic E-state index is 6.42. The van der Waals surface area contributed by atoms with E-state index in [1.807, 2.05) is 0 Å². The van der Waals surface area contributed by atoms with E-state index in [0.29, 0.717) is 5.92 Å². The molecule has 0 aliphatic carbocycles. The lowest BCUT2D eigenvalue weighted by molar-refractivity contribution is -0.0372. The lowest BCUT2D eigenvalue weighted by atomic mass is 9.76. The van der Waals surface area contributed by atoms with Crippen LogP contribution in [0.2, 0.25) is 0 Å². The van der Waals surface area contributed by atoms with Gasteiger partial charge in [-0.05, 0) is 52.1 Å². The SMILES string of the molecule is c1ccc2cc([C@@H]3Nc4ccc5ccccc5c4[C@H]4OCCC[C@H]43)ccc2c1. The topological polar surface area (TPSA) is 21.3 Å². The van der Waals surface area contributed by atoms with E-state index in [2.05, 4.69) is 84.2 Å². The molecule has 6 rings (SSSR count). The molecule has 0 amide bonds. The van der Waals surface area contributed by atoms with Crippen LogP contribution >= 0.6 is 0 Å². The van der Waals surface area contributed by atoms with Gasteiger partial charge >= 0.3 is 0 Å². The van der Waals surface area contributed by atoms with Crippen LogP contribution in [-0.2, 0) is 4.74 Å². The van der Waals surface area contributed by atoms with Crippen LogP contribution in [0.15, 0.2) is 78.9 Å². The maximum absolute atomic E-state index is 6.42. The minimum atomic E-state index is 0.160. The summed E-state index contributed by atoms with van der Waals surface area (Å²) in [6, 6.07) is 28.9. The molecule has 0 radical (unpaired) electrons. The van der Waals surface area contributed by atoms with Crippen LogP contribution in [0.4, 0.5) is 5.69 Å². The van der Waals surface area contributed by atoms with Crippen molar-refractivity contribution in [3.8, 4) is 0 Å². The summed E-state index contributed by atoms with van der Waals surface area (Å²) in [4.78, 5) is 0. The van der Waals surface area contributed by atoms with Gasteiger partial charge in [-0.2, -0.15) is 0 Å². The Labute approximate surface area is 165 Å². The maximum Gasteiger partial charge on any atom is 0.0901 e. The third-order valence-corrected chi connectivity index (χ3v) is 6.50. The van der Waals surface area contributed by atoms with Crippen molar-refractivity contribution < 1.29 is 4.74 Å². The van der Waals surface area contributed by atoms with Gasteiger partial charge in [0, 0.05) is 23.8 Å². The zero-order chi connectivity index (χ0) is 18.5. The number of ether oxygens (including phenoxy) is 1. The second-order valence-corrected chi connectivity index (χ2v) is 8.07. The van der Waals surface area contributed by atoms with Gasteiger partial charge in [-0.25, -0.2) is 0 Å². The number of benzene rings is 4. The van der Waals surface area contributed by atoms with E-state index in [4.69, 9.17) is 4.74 Å². The molecule has 0 aromatic heterocycles. The molecular formula is C26H23NO. The van der Waals surface area contributed by atoms with E-state index >= 15 is 0 Å². The molecule has 0 unspecified atom stereocenters. The van der Waals surface area contributed by atoms with Gasteiger partial charge in [0.25, 0.3) is 0 Å². The van der Waals surface area contributed by atoms with Crippen LogP contribution in [0.5, 0.6) is 0 Å². The average Bonchev–Trinajstić information content (AvgIpc) is 2.78. The first-order chi connectivity index (χ1) is 13.9. The summed E-state index contributed by atoms with van der Waals surface area (Å²) in [5.74, 6) is 0.452. The molecule has 0 spiro atoms. The van der Waals surface area contributed by atoms with E-state index in [9.17, 15) is 0 Å². The van der Waals surface area contributed by atoms with Gasteiger partial charge in [0.15, 0.2) is 0 Å². The molecule has 4 aromatic carbocycles. The summed E-state index contributed by atoms with van der Waals surface area (Å²) >= 11 is 0. The summed E-state index contributed by atoms with van der Waals surface area (Å²) < 4.78 is 6.42. The Kier molecular flexibility index (Phi) is 3.66. The molecule has 2 aliphatic heterocycles. The lowest BCUT2D eigenvalue weighted by Gasteiger charge is -2.44. The molecule has 2 nitrogen and oxygen atoms in total. The third kappa shape index (κ3) is 2.45. The molecule has 0 saturated carbocycles. The van der Waals surface area contributed by atoms with Crippen molar-refractivity contribution >= 4 is 27.2 Å². The lowest BCUT2D eigenvalue weighted by Crippen LogP contribution is -2.36. The number of hydrogen-bond acceptors (Lipinski definition) is 2. The Bertz CT molecular complexity index is 1180. The Morgan fingerprint density at radius 3 is 2.50 bits per heavy atom. The first-order valence-electron chi connectivity index (χ1n) is 10.3. The van der Waals surface area contributed by atoms with E-state index < -0.39 is 0 Å². The highest BCUT2D eigenvalue weighted by atomic mass is 16.5. The molecule has 2 aliphatic rings. The molecule has 28 heavy (non-hydrogen) atoms. The zero-order valence-electron chi connectivity index (χ0n) is 15.8. The summed E-state index contributed by atoms with van der Waals surface area (Å²) in [5, 5.41) is 9.10. The molecule has 4 aromatic rings. The summed E-state index contributed by atoms with van der Waals surface area (Å²) in [7, 11) is 0. The van der Waals surface area contributed by atoms with Crippen molar-refractivity contribution in [3.63, 3.8) is 0 Å². The predicted molar refractivity (Wildman–Crippen MR) is 116 cm³/mol. The second-order valence-electron chi connectivity index (χ2n) is 8.07. The van der Waals surface area contributed by atoms with Gasteiger partial charge in [-0.3, -0.25) is 0 Å². The van der Waals surface area contributed by atoms with Gasteiger partial charge in [0.05, 0.1) is 12.1 Å². The number of anilines is 1. The molecule has 1 N–H and O–H groups in total. The highest BCUT2D eigenvalue weighted by Crippen LogP contribution is 2.51. The van der Waals surface area contributed by atoms with Gasteiger partial charge in [0.2, 0.25) is 0 Å². The van der Waals surface area contributed by atoms with Gasteiger partial charge in [0.1, 0.15) is 0 Å². The van der Waals surface area contributed by atoms with Crippen LogP contribution in [0, 0.1) is 5.92 Å². The fourth-order valence-corrected chi connectivity index (χ4v) is 5.18. The van der Waals surface area contributed by atoms with Crippen LogP contribution in [0.25, 0.3) is 21.5 Å². The summed E-state index contributed by atoms with van der Waals surface area (Å²) in [5.41, 5.74) is 3.93. The van der Waals surface area contributed by atoms with Crippen LogP contribution in [-0.4, -0.2) is 6.61 Å². The van der Waals surface area contributed by atoms with Gasteiger partial charge in [-0.1, -0.05) is 66.7 Å². The molecule has 0 bridgehead atoms.